The van der Waals surface area contributed by atoms with Gasteiger partial charge < -0.3 is 5.32 Å². The Morgan fingerprint density at radius 3 is 2.62 bits per heavy atom. The predicted molar refractivity (Wildman–Crippen MR) is 89.9 cm³/mol. The SMILES string of the molecule is CS(=O)(=O)N1CCC[C@H](NC(=O)[C@H]2C[C@@H]2c2ccccc2C(F)(F)F)C1. The molecule has 1 saturated carbocycles. The van der Waals surface area contributed by atoms with Gasteiger partial charge in [0.25, 0.3) is 0 Å². The summed E-state index contributed by atoms with van der Waals surface area (Å²) in [5.74, 6) is -1.23. The number of nitrogens with one attached hydrogen (secondary N) is 1. The van der Waals surface area contributed by atoms with Gasteiger partial charge in [-0.3, -0.25) is 4.79 Å². The number of hydrogen-bond acceptors (Lipinski definition) is 3. The molecule has 1 aliphatic heterocycles. The monoisotopic (exact) mass is 390 g/mol. The molecule has 144 valence electrons. The molecule has 1 aliphatic carbocycles. The fraction of sp³-hybridized carbons (Fsp3) is 0.588. The van der Waals surface area contributed by atoms with Crippen LogP contribution in [0.2, 0.25) is 0 Å². The second kappa shape index (κ2) is 6.84. The average molecular weight is 390 g/mol. The molecule has 5 nitrogen and oxygen atoms in total. The Hall–Kier alpha value is -1.61. The minimum atomic E-state index is -4.44. The molecule has 0 bridgehead atoms. The molecule has 1 N–H and O–H groups in total. The van der Waals surface area contributed by atoms with Crippen LogP contribution in [0.5, 0.6) is 0 Å². The highest BCUT2D eigenvalue weighted by Gasteiger charge is 2.48. The zero-order valence-electron chi connectivity index (χ0n) is 14.3. The third kappa shape index (κ3) is 4.20. The van der Waals surface area contributed by atoms with Gasteiger partial charge in [-0.15, -0.1) is 0 Å². The molecule has 1 amide bonds. The maximum absolute atomic E-state index is 13.1. The summed E-state index contributed by atoms with van der Waals surface area (Å²) in [4.78, 5) is 12.4. The fourth-order valence-corrected chi connectivity index (χ4v) is 4.49. The summed E-state index contributed by atoms with van der Waals surface area (Å²) in [6, 6.07) is 5.04. The average Bonchev–Trinajstić information content (AvgIpc) is 3.34. The number of piperidine rings is 1. The van der Waals surface area contributed by atoms with Crippen molar-refractivity contribution in [2.24, 2.45) is 5.92 Å². The van der Waals surface area contributed by atoms with E-state index in [0.29, 0.717) is 25.8 Å². The summed E-state index contributed by atoms with van der Waals surface area (Å²) < 4.78 is 64.0. The summed E-state index contributed by atoms with van der Waals surface area (Å²) in [5.41, 5.74) is -0.539. The van der Waals surface area contributed by atoms with Crippen LogP contribution in [0.3, 0.4) is 0 Å². The normalized spacial score (nSPS) is 27.2. The van der Waals surface area contributed by atoms with Gasteiger partial charge >= 0.3 is 6.18 Å². The molecule has 0 aromatic heterocycles. The van der Waals surface area contributed by atoms with Crippen molar-refractivity contribution in [1.29, 1.82) is 0 Å². The molecule has 1 saturated heterocycles. The maximum Gasteiger partial charge on any atom is 0.416 e. The Kier molecular flexibility index (Phi) is 5.04. The topological polar surface area (TPSA) is 66.5 Å². The summed E-state index contributed by atoms with van der Waals surface area (Å²) in [6.07, 6.45) is -1.64. The minimum Gasteiger partial charge on any atom is -0.352 e. The number of rotatable bonds is 4. The molecule has 2 aliphatic rings. The number of carbonyl (C=O) groups is 1. The van der Waals surface area contributed by atoms with E-state index in [4.69, 9.17) is 0 Å². The van der Waals surface area contributed by atoms with Crippen molar-refractivity contribution >= 4 is 15.9 Å². The number of nitrogens with zero attached hydrogens (tertiary/aromatic N) is 1. The van der Waals surface area contributed by atoms with E-state index >= 15 is 0 Å². The molecule has 1 aromatic carbocycles. The second-order valence-electron chi connectivity index (χ2n) is 7.00. The lowest BCUT2D eigenvalue weighted by atomic mass is 10.0. The van der Waals surface area contributed by atoms with Crippen molar-refractivity contribution in [3.05, 3.63) is 35.4 Å². The zero-order chi connectivity index (χ0) is 19.1. The summed E-state index contributed by atoms with van der Waals surface area (Å²) in [6.45, 7) is 0.636. The van der Waals surface area contributed by atoms with Gasteiger partial charge in [0.05, 0.1) is 11.8 Å². The van der Waals surface area contributed by atoms with Crippen molar-refractivity contribution in [2.45, 2.75) is 37.4 Å². The maximum atomic E-state index is 13.1. The molecule has 0 spiro atoms. The van der Waals surface area contributed by atoms with Gasteiger partial charge in [-0.05, 0) is 36.8 Å². The van der Waals surface area contributed by atoms with Crippen LogP contribution < -0.4 is 5.32 Å². The Morgan fingerprint density at radius 1 is 1.27 bits per heavy atom. The molecule has 3 rings (SSSR count). The highest BCUT2D eigenvalue weighted by atomic mass is 32.2. The van der Waals surface area contributed by atoms with E-state index in [-0.39, 0.29) is 24.1 Å². The Bertz CT molecular complexity index is 795. The van der Waals surface area contributed by atoms with Gasteiger partial charge in [0.15, 0.2) is 0 Å². The van der Waals surface area contributed by atoms with Crippen molar-refractivity contribution in [2.75, 3.05) is 19.3 Å². The predicted octanol–water partition coefficient (Wildman–Crippen LogP) is 2.35. The van der Waals surface area contributed by atoms with Crippen LogP contribution in [0.25, 0.3) is 0 Å². The van der Waals surface area contributed by atoms with E-state index in [1.54, 1.807) is 6.07 Å². The van der Waals surface area contributed by atoms with E-state index < -0.39 is 33.6 Å². The zero-order valence-corrected chi connectivity index (χ0v) is 15.1. The number of benzene rings is 1. The number of alkyl halides is 3. The third-order valence-corrected chi connectivity index (χ3v) is 6.26. The van der Waals surface area contributed by atoms with E-state index in [9.17, 15) is 26.4 Å². The third-order valence-electron chi connectivity index (χ3n) is 4.99. The number of hydrogen-bond donors (Lipinski definition) is 1. The lowest BCUT2D eigenvalue weighted by molar-refractivity contribution is -0.138. The molecule has 0 radical (unpaired) electrons. The van der Waals surface area contributed by atoms with Crippen LogP contribution in [0.4, 0.5) is 13.2 Å². The molecule has 3 atom stereocenters. The molecular formula is C17H21F3N2O3S. The summed E-state index contributed by atoms with van der Waals surface area (Å²) in [7, 11) is -3.32. The number of carbonyl (C=O) groups excluding carboxylic acids is 1. The van der Waals surface area contributed by atoms with Gasteiger partial charge in [0.1, 0.15) is 0 Å². The van der Waals surface area contributed by atoms with Crippen LogP contribution in [-0.4, -0.2) is 44.0 Å². The first-order valence-corrected chi connectivity index (χ1v) is 10.3. The van der Waals surface area contributed by atoms with E-state index in [1.807, 2.05) is 0 Å². The van der Waals surface area contributed by atoms with E-state index in [0.717, 1.165) is 12.3 Å². The van der Waals surface area contributed by atoms with Crippen LogP contribution in [-0.2, 0) is 21.0 Å². The van der Waals surface area contributed by atoms with Crippen molar-refractivity contribution < 1.29 is 26.4 Å². The Morgan fingerprint density at radius 2 is 1.96 bits per heavy atom. The molecular weight excluding hydrogens is 369 g/mol. The van der Waals surface area contributed by atoms with Crippen molar-refractivity contribution in [3.8, 4) is 0 Å². The highest BCUT2D eigenvalue weighted by molar-refractivity contribution is 7.88. The largest absolute Gasteiger partial charge is 0.416 e. The van der Waals surface area contributed by atoms with Crippen LogP contribution >= 0.6 is 0 Å². The Labute approximate surface area is 150 Å². The lowest BCUT2D eigenvalue weighted by Gasteiger charge is -2.31. The smallest absolute Gasteiger partial charge is 0.352 e. The van der Waals surface area contributed by atoms with Gasteiger partial charge in [-0.2, -0.15) is 13.2 Å². The minimum absolute atomic E-state index is 0.154. The highest BCUT2D eigenvalue weighted by Crippen LogP contribution is 2.51. The molecule has 1 aromatic rings. The van der Waals surface area contributed by atoms with Crippen LogP contribution in [0.1, 0.15) is 36.3 Å². The number of sulfonamides is 1. The fourth-order valence-electron chi connectivity index (χ4n) is 3.58. The lowest BCUT2D eigenvalue weighted by Crippen LogP contribution is -2.49. The first-order chi connectivity index (χ1) is 12.1. The van der Waals surface area contributed by atoms with E-state index in [1.165, 1.54) is 16.4 Å². The van der Waals surface area contributed by atoms with Crippen molar-refractivity contribution in [1.82, 2.24) is 9.62 Å². The molecule has 2 fully saturated rings. The van der Waals surface area contributed by atoms with Gasteiger partial charge in [0, 0.05) is 25.0 Å². The Balaban J connectivity index is 1.64. The van der Waals surface area contributed by atoms with Crippen LogP contribution in [0, 0.1) is 5.92 Å². The first-order valence-electron chi connectivity index (χ1n) is 8.49. The summed E-state index contributed by atoms with van der Waals surface area (Å²) in [5, 5.41) is 2.81. The second-order valence-corrected chi connectivity index (χ2v) is 8.98. The molecule has 26 heavy (non-hydrogen) atoms. The van der Waals surface area contributed by atoms with Crippen molar-refractivity contribution in [3.63, 3.8) is 0 Å². The first kappa shape index (κ1) is 19.2. The molecule has 1 heterocycles. The molecule has 0 unspecified atom stereocenters. The summed E-state index contributed by atoms with van der Waals surface area (Å²) >= 11 is 0. The standard InChI is InChI=1S/C17H21F3N2O3S/c1-26(24,25)22-8-4-5-11(10-22)21-16(23)14-9-13(14)12-6-2-3-7-15(12)17(18,19)20/h2-3,6-7,11,13-14H,4-5,8-10H2,1H3,(H,21,23)/t11-,13+,14-/m0/s1. The van der Waals surface area contributed by atoms with Gasteiger partial charge in [-0.25, -0.2) is 12.7 Å². The number of halogens is 3. The van der Waals surface area contributed by atoms with E-state index in [2.05, 4.69) is 5.32 Å². The van der Waals surface area contributed by atoms with Gasteiger partial charge in [-0.1, -0.05) is 18.2 Å². The van der Waals surface area contributed by atoms with Crippen LogP contribution in [0.15, 0.2) is 24.3 Å². The quantitative estimate of drug-likeness (QED) is 0.858. The van der Waals surface area contributed by atoms with Gasteiger partial charge in [0.2, 0.25) is 15.9 Å². The number of amides is 1. The molecule has 9 heteroatoms.